The second-order valence-electron chi connectivity index (χ2n) is 6.62. The molecule has 6 nitrogen and oxygen atoms in total. The number of benzene rings is 1. The van der Waals surface area contributed by atoms with Crippen molar-refractivity contribution in [3.8, 4) is 23.8 Å². The van der Waals surface area contributed by atoms with Gasteiger partial charge < -0.3 is 25.0 Å². The van der Waals surface area contributed by atoms with E-state index in [0.717, 1.165) is 37.6 Å². The third kappa shape index (κ3) is 8.53. The highest BCUT2D eigenvalue weighted by molar-refractivity contribution is 5.79. The fourth-order valence-corrected chi connectivity index (χ4v) is 2.91. The summed E-state index contributed by atoms with van der Waals surface area (Å²) < 4.78 is 10.9. The van der Waals surface area contributed by atoms with E-state index >= 15 is 0 Å². The Labute approximate surface area is 170 Å². The molecule has 1 unspecified atom stereocenters. The number of ether oxygens (including phenoxy) is 2. The van der Waals surface area contributed by atoms with Gasteiger partial charge in [0.25, 0.3) is 0 Å². The van der Waals surface area contributed by atoms with Gasteiger partial charge in [-0.2, -0.15) is 0 Å². The first-order chi connectivity index (χ1) is 13.6. The number of methoxy groups -OCH3 is 1. The van der Waals surface area contributed by atoms with Crippen LogP contribution in [0.4, 0.5) is 0 Å². The maximum absolute atomic E-state index is 5.56. The van der Waals surface area contributed by atoms with Gasteiger partial charge in [0.2, 0.25) is 0 Å². The Kier molecular flexibility index (Phi) is 11.6. The van der Waals surface area contributed by atoms with Crippen LogP contribution < -0.4 is 20.1 Å². The number of guanidine groups is 1. The number of terminal acetylenes is 1. The van der Waals surface area contributed by atoms with Crippen molar-refractivity contribution in [1.82, 2.24) is 15.5 Å². The van der Waals surface area contributed by atoms with E-state index in [-0.39, 0.29) is 6.61 Å². The molecule has 0 amide bonds. The van der Waals surface area contributed by atoms with Gasteiger partial charge in [-0.1, -0.05) is 25.8 Å². The third-order valence-electron chi connectivity index (χ3n) is 4.61. The summed E-state index contributed by atoms with van der Waals surface area (Å²) in [6, 6.07) is 6.17. The molecule has 0 saturated carbocycles. The first kappa shape index (κ1) is 23.6. The predicted molar refractivity (Wildman–Crippen MR) is 117 cm³/mol. The van der Waals surface area contributed by atoms with Crippen molar-refractivity contribution in [2.75, 3.05) is 40.4 Å². The van der Waals surface area contributed by atoms with E-state index in [4.69, 9.17) is 15.9 Å². The summed E-state index contributed by atoms with van der Waals surface area (Å²) >= 11 is 0. The summed E-state index contributed by atoms with van der Waals surface area (Å²) in [4.78, 5) is 6.77. The van der Waals surface area contributed by atoms with Gasteiger partial charge in [0.05, 0.1) is 7.11 Å². The van der Waals surface area contributed by atoms with Crippen LogP contribution in [-0.2, 0) is 6.54 Å². The van der Waals surface area contributed by atoms with E-state index in [2.05, 4.69) is 47.2 Å². The van der Waals surface area contributed by atoms with Crippen LogP contribution in [-0.4, -0.2) is 57.3 Å². The molecule has 0 aliphatic rings. The molecule has 0 heterocycles. The summed E-state index contributed by atoms with van der Waals surface area (Å²) in [6.07, 6.45) is 7.55. The average molecular weight is 389 g/mol. The highest BCUT2D eigenvalue weighted by atomic mass is 16.5. The minimum Gasteiger partial charge on any atom is -0.493 e. The first-order valence-electron chi connectivity index (χ1n) is 10.0. The molecule has 0 aromatic heterocycles. The molecule has 28 heavy (non-hydrogen) atoms. The molecule has 0 fully saturated rings. The number of hydrogen-bond donors (Lipinski definition) is 2. The molecule has 1 rings (SSSR count). The summed E-state index contributed by atoms with van der Waals surface area (Å²) in [7, 11) is 3.40. The predicted octanol–water partition coefficient (Wildman–Crippen LogP) is 2.88. The molecule has 0 aliphatic carbocycles. The van der Waals surface area contributed by atoms with Crippen LogP contribution in [0.25, 0.3) is 0 Å². The highest BCUT2D eigenvalue weighted by Crippen LogP contribution is 2.27. The molecular formula is C22H36N4O2. The van der Waals surface area contributed by atoms with Crippen molar-refractivity contribution in [2.45, 2.75) is 46.2 Å². The van der Waals surface area contributed by atoms with E-state index in [1.807, 2.05) is 18.2 Å². The summed E-state index contributed by atoms with van der Waals surface area (Å²) in [6.45, 7) is 10.8. The Morgan fingerprint density at radius 1 is 1.29 bits per heavy atom. The second-order valence-corrected chi connectivity index (χ2v) is 6.62. The topological polar surface area (TPSA) is 58.1 Å². The molecule has 1 aromatic carbocycles. The van der Waals surface area contributed by atoms with Crippen molar-refractivity contribution in [3.05, 3.63) is 23.8 Å². The van der Waals surface area contributed by atoms with Crippen LogP contribution in [0.5, 0.6) is 11.5 Å². The fraction of sp³-hybridized carbons (Fsp3) is 0.591. The molecule has 0 aliphatic heterocycles. The summed E-state index contributed by atoms with van der Waals surface area (Å²) in [5.74, 6) is 4.58. The van der Waals surface area contributed by atoms with Crippen LogP contribution in [0.3, 0.4) is 0 Å². The number of nitrogens with zero attached hydrogens (tertiary/aromatic N) is 2. The van der Waals surface area contributed by atoms with Crippen LogP contribution in [0.1, 0.15) is 39.2 Å². The maximum atomic E-state index is 5.56. The van der Waals surface area contributed by atoms with Crippen molar-refractivity contribution >= 4 is 5.96 Å². The summed E-state index contributed by atoms with van der Waals surface area (Å²) in [5.41, 5.74) is 1.06. The van der Waals surface area contributed by atoms with Gasteiger partial charge in [0.15, 0.2) is 17.5 Å². The molecule has 156 valence electrons. The summed E-state index contributed by atoms with van der Waals surface area (Å²) in [5, 5.41) is 6.81. The molecule has 2 N–H and O–H groups in total. The van der Waals surface area contributed by atoms with Crippen LogP contribution in [0.15, 0.2) is 23.2 Å². The van der Waals surface area contributed by atoms with Crippen LogP contribution in [0, 0.1) is 12.3 Å². The lowest BCUT2D eigenvalue weighted by atomic mass is 10.1. The van der Waals surface area contributed by atoms with E-state index in [9.17, 15) is 0 Å². The smallest absolute Gasteiger partial charge is 0.191 e. The van der Waals surface area contributed by atoms with Crippen molar-refractivity contribution < 1.29 is 9.47 Å². The molecule has 0 saturated heterocycles. The first-order valence-corrected chi connectivity index (χ1v) is 10.0. The monoisotopic (exact) mass is 388 g/mol. The van der Waals surface area contributed by atoms with Gasteiger partial charge in [-0.15, -0.1) is 6.42 Å². The standard InChI is InChI=1S/C22H36N4O2/c1-7-15-28-21-16-19(12-13-20(21)27-6)17-24-22(23-5)25-18(4)11-10-14-26(8-2)9-3/h1,12-13,16,18H,8-11,14-15,17H2,2-6H3,(H2,23,24,25). The Morgan fingerprint density at radius 3 is 2.64 bits per heavy atom. The molecule has 0 bridgehead atoms. The average Bonchev–Trinajstić information content (AvgIpc) is 2.72. The Hall–Kier alpha value is -2.39. The van der Waals surface area contributed by atoms with E-state index in [1.54, 1.807) is 14.2 Å². The number of hydrogen-bond acceptors (Lipinski definition) is 4. The molecule has 1 aromatic rings. The zero-order valence-electron chi connectivity index (χ0n) is 18.0. The largest absolute Gasteiger partial charge is 0.493 e. The lowest BCUT2D eigenvalue weighted by Crippen LogP contribution is -2.42. The lowest BCUT2D eigenvalue weighted by Gasteiger charge is -2.21. The molecule has 0 spiro atoms. The molecule has 6 heteroatoms. The van der Waals surface area contributed by atoms with Gasteiger partial charge in [-0.05, 0) is 57.1 Å². The van der Waals surface area contributed by atoms with Gasteiger partial charge in [-0.25, -0.2) is 0 Å². The van der Waals surface area contributed by atoms with E-state index in [1.165, 1.54) is 6.42 Å². The lowest BCUT2D eigenvalue weighted by molar-refractivity contribution is 0.292. The Balaban J connectivity index is 2.52. The van der Waals surface area contributed by atoms with E-state index < -0.39 is 0 Å². The third-order valence-corrected chi connectivity index (χ3v) is 4.61. The van der Waals surface area contributed by atoms with Crippen molar-refractivity contribution in [2.24, 2.45) is 4.99 Å². The fourth-order valence-electron chi connectivity index (χ4n) is 2.91. The molecule has 1 atom stereocenters. The Bertz CT molecular complexity index is 636. The van der Waals surface area contributed by atoms with Gasteiger partial charge in [0.1, 0.15) is 6.61 Å². The number of rotatable bonds is 12. The second kappa shape index (κ2) is 13.7. The zero-order valence-corrected chi connectivity index (χ0v) is 18.0. The SMILES string of the molecule is C#CCOc1cc(CNC(=NC)NC(C)CCCN(CC)CC)ccc1OC. The van der Waals surface area contributed by atoms with Crippen molar-refractivity contribution in [1.29, 1.82) is 0 Å². The minimum atomic E-state index is 0.210. The van der Waals surface area contributed by atoms with Gasteiger partial charge >= 0.3 is 0 Å². The number of nitrogens with one attached hydrogen (secondary N) is 2. The van der Waals surface area contributed by atoms with Gasteiger partial charge in [-0.3, -0.25) is 4.99 Å². The Morgan fingerprint density at radius 2 is 2.04 bits per heavy atom. The molecule has 0 radical (unpaired) electrons. The highest BCUT2D eigenvalue weighted by Gasteiger charge is 2.09. The molecular weight excluding hydrogens is 352 g/mol. The minimum absolute atomic E-state index is 0.210. The van der Waals surface area contributed by atoms with Crippen molar-refractivity contribution in [3.63, 3.8) is 0 Å². The van der Waals surface area contributed by atoms with Crippen LogP contribution >= 0.6 is 0 Å². The maximum Gasteiger partial charge on any atom is 0.191 e. The quantitative estimate of drug-likeness (QED) is 0.328. The van der Waals surface area contributed by atoms with E-state index in [0.29, 0.717) is 24.1 Å². The number of aliphatic imine (C=N–C) groups is 1. The van der Waals surface area contributed by atoms with Gasteiger partial charge in [0, 0.05) is 19.6 Å². The zero-order chi connectivity index (χ0) is 20.8. The normalized spacial score (nSPS) is 12.4. The van der Waals surface area contributed by atoms with Crippen LogP contribution in [0.2, 0.25) is 0 Å².